The topological polar surface area (TPSA) is 235 Å². The standard InChI is InChI=1S/C17H33N7O6/c1-8(2)12(18)15(29)23-10(5-4-6-21-17(19)20)14(28)24-13(9(3)25)16(30)22-7-11(26)27/h8-10,12-13,25H,4-7,18H2,1-3H3,(H,22,30)(H,23,29)(H,24,28)(H,26,27)(H4,19,20,21). The number of rotatable bonds is 13. The van der Waals surface area contributed by atoms with E-state index in [1.165, 1.54) is 6.92 Å². The third-order valence-corrected chi connectivity index (χ3v) is 4.08. The van der Waals surface area contributed by atoms with Crippen LogP contribution in [0.25, 0.3) is 0 Å². The Morgan fingerprint density at radius 3 is 2.07 bits per heavy atom. The summed E-state index contributed by atoms with van der Waals surface area (Å²) in [5.41, 5.74) is 16.3. The van der Waals surface area contributed by atoms with Crippen LogP contribution in [0.2, 0.25) is 0 Å². The zero-order valence-corrected chi connectivity index (χ0v) is 17.4. The Balaban J connectivity index is 5.28. The normalized spacial score (nSPS) is 14.7. The number of guanidine groups is 1. The molecule has 13 heteroatoms. The molecule has 0 aromatic carbocycles. The van der Waals surface area contributed by atoms with Crippen LogP contribution in [0.4, 0.5) is 0 Å². The Bertz CT molecular complexity index is 634. The molecule has 30 heavy (non-hydrogen) atoms. The van der Waals surface area contributed by atoms with Gasteiger partial charge in [-0.05, 0) is 25.7 Å². The van der Waals surface area contributed by atoms with Crippen LogP contribution in [0.5, 0.6) is 0 Å². The molecule has 0 aliphatic carbocycles. The molecule has 0 radical (unpaired) electrons. The van der Waals surface area contributed by atoms with E-state index in [0.717, 1.165) is 0 Å². The fourth-order valence-electron chi connectivity index (χ4n) is 2.27. The first-order chi connectivity index (χ1) is 13.9. The van der Waals surface area contributed by atoms with Crippen LogP contribution in [-0.2, 0) is 19.2 Å². The number of aliphatic hydroxyl groups excluding tert-OH is 1. The Morgan fingerprint density at radius 1 is 1.00 bits per heavy atom. The highest BCUT2D eigenvalue weighted by Gasteiger charge is 2.30. The maximum Gasteiger partial charge on any atom is 0.322 e. The van der Waals surface area contributed by atoms with Gasteiger partial charge in [0.15, 0.2) is 5.96 Å². The van der Waals surface area contributed by atoms with Crippen molar-refractivity contribution >= 4 is 29.7 Å². The lowest BCUT2D eigenvalue weighted by atomic mass is 10.0. The average Bonchev–Trinajstić information content (AvgIpc) is 2.64. The molecule has 0 aliphatic heterocycles. The van der Waals surface area contributed by atoms with Gasteiger partial charge in [0.1, 0.15) is 18.6 Å². The number of aliphatic imine (C=N–C) groups is 1. The summed E-state index contributed by atoms with van der Waals surface area (Å²) in [7, 11) is 0. The van der Waals surface area contributed by atoms with Crippen molar-refractivity contribution in [1.82, 2.24) is 16.0 Å². The number of hydrogen-bond acceptors (Lipinski definition) is 7. The van der Waals surface area contributed by atoms with Crippen LogP contribution < -0.4 is 33.2 Å². The van der Waals surface area contributed by atoms with E-state index >= 15 is 0 Å². The second-order valence-corrected chi connectivity index (χ2v) is 7.12. The predicted octanol–water partition coefficient (Wildman–Crippen LogP) is -3.43. The number of carboxylic acids is 1. The van der Waals surface area contributed by atoms with Gasteiger partial charge in [0.2, 0.25) is 17.7 Å². The second kappa shape index (κ2) is 13.3. The first-order valence-electron chi connectivity index (χ1n) is 9.46. The van der Waals surface area contributed by atoms with Crippen LogP contribution in [-0.4, -0.2) is 77.2 Å². The average molecular weight is 431 g/mol. The molecule has 0 saturated carbocycles. The van der Waals surface area contributed by atoms with Crippen LogP contribution in [0.1, 0.15) is 33.6 Å². The highest BCUT2D eigenvalue weighted by Crippen LogP contribution is 2.04. The smallest absolute Gasteiger partial charge is 0.322 e. The molecule has 0 saturated heterocycles. The zero-order chi connectivity index (χ0) is 23.4. The number of carboxylic acid groups (broad SMARTS) is 1. The molecule has 11 N–H and O–H groups in total. The molecule has 172 valence electrons. The predicted molar refractivity (Wildman–Crippen MR) is 109 cm³/mol. The van der Waals surface area contributed by atoms with Gasteiger partial charge in [-0.25, -0.2) is 0 Å². The van der Waals surface area contributed by atoms with Crippen LogP contribution in [0, 0.1) is 5.92 Å². The van der Waals surface area contributed by atoms with Crippen molar-refractivity contribution in [3.8, 4) is 0 Å². The van der Waals surface area contributed by atoms with Gasteiger partial charge in [0.25, 0.3) is 0 Å². The lowest BCUT2D eigenvalue weighted by Gasteiger charge is -2.25. The van der Waals surface area contributed by atoms with Gasteiger partial charge in [-0.2, -0.15) is 0 Å². The number of nitrogens with zero attached hydrogens (tertiary/aromatic N) is 1. The van der Waals surface area contributed by atoms with Gasteiger partial charge >= 0.3 is 5.97 Å². The number of aliphatic carboxylic acids is 1. The molecule has 3 amide bonds. The minimum absolute atomic E-state index is 0.119. The molecule has 0 fully saturated rings. The third kappa shape index (κ3) is 10.6. The minimum atomic E-state index is -1.42. The number of nitrogens with two attached hydrogens (primary N) is 3. The summed E-state index contributed by atoms with van der Waals surface area (Å²) in [6.07, 6.45) is -0.862. The minimum Gasteiger partial charge on any atom is -0.480 e. The number of nitrogens with one attached hydrogen (secondary N) is 3. The third-order valence-electron chi connectivity index (χ3n) is 4.08. The summed E-state index contributed by atoms with van der Waals surface area (Å²) in [6.45, 7) is 4.27. The van der Waals surface area contributed by atoms with E-state index in [0.29, 0.717) is 6.42 Å². The van der Waals surface area contributed by atoms with Gasteiger partial charge in [0, 0.05) is 6.54 Å². The van der Waals surface area contributed by atoms with Crippen molar-refractivity contribution in [3.63, 3.8) is 0 Å². The van der Waals surface area contributed by atoms with E-state index in [4.69, 9.17) is 22.3 Å². The van der Waals surface area contributed by atoms with Crippen molar-refractivity contribution in [2.24, 2.45) is 28.1 Å². The summed E-state index contributed by atoms with van der Waals surface area (Å²) >= 11 is 0. The first-order valence-corrected chi connectivity index (χ1v) is 9.46. The second-order valence-electron chi connectivity index (χ2n) is 7.12. The van der Waals surface area contributed by atoms with E-state index in [1.807, 2.05) is 0 Å². The maximum atomic E-state index is 12.7. The Kier molecular flexibility index (Phi) is 12.0. The lowest BCUT2D eigenvalue weighted by Crippen LogP contribution is -2.59. The molecule has 0 heterocycles. The maximum absolute atomic E-state index is 12.7. The summed E-state index contributed by atoms with van der Waals surface area (Å²) < 4.78 is 0. The van der Waals surface area contributed by atoms with Crippen molar-refractivity contribution in [1.29, 1.82) is 0 Å². The highest BCUT2D eigenvalue weighted by molar-refractivity contribution is 5.94. The molecule has 0 aromatic heterocycles. The molecule has 0 aromatic rings. The van der Waals surface area contributed by atoms with Crippen molar-refractivity contribution < 1.29 is 29.4 Å². The summed E-state index contributed by atoms with van der Waals surface area (Å²) in [5.74, 6) is -3.78. The van der Waals surface area contributed by atoms with Crippen LogP contribution in [0.3, 0.4) is 0 Å². The van der Waals surface area contributed by atoms with E-state index in [1.54, 1.807) is 13.8 Å². The molecular formula is C17H33N7O6. The number of aliphatic hydroxyl groups is 1. The summed E-state index contributed by atoms with van der Waals surface area (Å²) in [4.78, 5) is 51.5. The Labute approximate surface area is 174 Å². The number of carbonyl (C=O) groups is 4. The van der Waals surface area contributed by atoms with Gasteiger partial charge in [-0.3, -0.25) is 24.2 Å². The Morgan fingerprint density at radius 2 is 1.60 bits per heavy atom. The Hall–Kier alpha value is -2.93. The van der Waals surface area contributed by atoms with Crippen molar-refractivity contribution in [3.05, 3.63) is 0 Å². The molecule has 0 rings (SSSR count). The molecule has 0 spiro atoms. The number of hydrogen-bond donors (Lipinski definition) is 8. The van der Waals surface area contributed by atoms with Crippen molar-refractivity contribution in [2.45, 2.75) is 57.8 Å². The fraction of sp³-hybridized carbons (Fsp3) is 0.706. The summed E-state index contributed by atoms with van der Waals surface area (Å²) in [5, 5.41) is 25.4. The van der Waals surface area contributed by atoms with E-state index in [-0.39, 0.29) is 24.8 Å². The molecule has 4 atom stereocenters. The van der Waals surface area contributed by atoms with Gasteiger partial charge in [-0.15, -0.1) is 0 Å². The SMILES string of the molecule is CC(C)C(N)C(=O)NC(CCCN=C(N)N)C(=O)NC(C(=O)NCC(=O)O)C(C)O. The van der Waals surface area contributed by atoms with Crippen LogP contribution >= 0.6 is 0 Å². The van der Waals surface area contributed by atoms with Crippen molar-refractivity contribution in [2.75, 3.05) is 13.1 Å². The highest BCUT2D eigenvalue weighted by atomic mass is 16.4. The lowest BCUT2D eigenvalue weighted by molar-refractivity contribution is -0.139. The monoisotopic (exact) mass is 431 g/mol. The van der Waals surface area contributed by atoms with Crippen LogP contribution in [0.15, 0.2) is 4.99 Å². The summed E-state index contributed by atoms with van der Waals surface area (Å²) in [6, 6.07) is -3.36. The number of amides is 3. The molecule has 0 aliphatic rings. The van der Waals surface area contributed by atoms with E-state index in [2.05, 4.69) is 20.9 Å². The van der Waals surface area contributed by atoms with E-state index in [9.17, 15) is 24.3 Å². The largest absolute Gasteiger partial charge is 0.480 e. The van der Waals surface area contributed by atoms with E-state index < -0.39 is 54.5 Å². The quantitative estimate of drug-likeness (QED) is 0.0821. The van der Waals surface area contributed by atoms with Gasteiger partial charge in [0.05, 0.1) is 12.1 Å². The number of carbonyl (C=O) groups excluding carboxylic acids is 3. The first kappa shape index (κ1) is 27.1. The van der Waals surface area contributed by atoms with Gasteiger partial charge < -0.3 is 43.4 Å². The molecule has 4 unspecified atom stereocenters. The fourth-order valence-corrected chi connectivity index (χ4v) is 2.27. The molecule has 13 nitrogen and oxygen atoms in total. The molecular weight excluding hydrogens is 398 g/mol. The molecule has 0 bridgehead atoms. The van der Waals surface area contributed by atoms with Gasteiger partial charge in [-0.1, -0.05) is 13.8 Å². The zero-order valence-electron chi connectivity index (χ0n) is 17.4.